The molecule has 0 aliphatic carbocycles. The predicted octanol–water partition coefficient (Wildman–Crippen LogP) is 4.02. The number of allylic oxidation sites excluding steroid dienone is 2. The summed E-state index contributed by atoms with van der Waals surface area (Å²) >= 11 is 3.54. The van der Waals surface area contributed by atoms with Crippen molar-refractivity contribution in [3.63, 3.8) is 0 Å². The average molecular weight is 451 g/mol. The fraction of sp³-hybridized carbons (Fsp3) is 0.300. The summed E-state index contributed by atoms with van der Waals surface area (Å²) in [6.07, 6.45) is 5.43. The van der Waals surface area contributed by atoms with Gasteiger partial charge in [0.05, 0.1) is 41.4 Å². The minimum atomic E-state index is -0.616. The van der Waals surface area contributed by atoms with Gasteiger partial charge in [-0.2, -0.15) is 0 Å². The highest BCUT2D eigenvalue weighted by molar-refractivity contribution is 9.11. The van der Waals surface area contributed by atoms with E-state index in [1.807, 2.05) is 20.0 Å². The van der Waals surface area contributed by atoms with Gasteiger partial charge in [-0.1, -0.05) is 0 Å². The Hall–Kier alpha value is -2.32. The van der Waals surface area contributed by atoms with Gasteiger partial charge in [0.2, 0.25) is 0 Å². The van der Waals surface area contributed by atoms with E-state index in [1.54, 1.807) is 12.4 Å². The van der Waals surface area contributed by atoms with Gasteiger partial charge in [0, 0.05) is 23.9 Å². The zero-order valence-corrected chi connectivity index (χ0v) is 17.3. The molecule has 8 heteroatoms. The molecule has 0 spiro atoms. The van der Waals surface area contributed by atoms with E-state index in [2.05, 4.69) is 36.1 Å². The molecule has 0 amide bonds. The zero-order valence-electron chi connectivity index (χ0n) is 15.7. The van der Waals surface area contributed by atoms with Crippen LogP contribution in [0.4, 0.5) is 8.78 Å². The molecule has 1 aromatic carbocycles. The van der Waals surface area contributed by atoms with Crippen LogP contribution in [-0.2, 0) is 24.4 Å². The molecule has 1 N–H and O–H groups in total. The molecule has 0 bridgehead atoms. The number of aromatic nitrogens is 2. The van der Waals surface area contributed by atoms with Gasteiger partial charge in [0.1, 0.15) is 24.0 Å². The van der Waals surface area contributed by atoms with Gasteiger partial charge in [-0.05, 0) is 48.1 Å². The number of hydrogen-bond acceptors (Lipinski definition) is 5. The topological polar surface area (TPSA) is 50.3 Å². The maximum atomic E-state index is 13.8. The van der Waals surface area contributed by atoms with Crippen molar-refractivity contribution < 1.29 is 13.5 Å². The molecule has 2 heterocycles. The number of nitrogens with zero attached hydrogens (tertiary/aromatic N) is 3. The van der Waals surface area contributed by atoms with Gasteiger partial charge in [0.25, 0.3) is 0 Å². The Kier molecular flexibility index (Phi) is 6.74. The van der Waals surface area contributed by atoms with Crippen LogP contribution >= 0.6 is 15.9 Å². The molecule has 148 valence electrons. The molecule has 3 rings (SSSR count). The number of hydrogen-bond donors (Lipinski definition) is 1. The highest BCUT2D eigenvalue weighted by Crippen LogP contribution is 2.27. The summed E-state index contributed by atoms with van der Waals surface area (Å²) in [5, 5.41) is 3.04. The van der Waals surface area contributed by atoms with Crippen molar-refractivity contribution in [1.29, 1.82) is 0 Å². The first kappa shape index (κ1) is 20.4. The summed E-state index contributed by atoms with van der Waals surface area (Å²) in [5.41, 5.74) is 3.06. The third-order valence-electron chi connectivity index (χ3n) is 4.30. The first-order chi connectivity index (χ1) is 13.5. The third kappa shape index (κ3) is 5.14. The molecule has 28 heavy (non-hydrogen) atoms. The Morgan fingerprint density at radius 2 is 1.96 bits per heavy atom. The molecule has 0 saturated heterocycles. The van der Waals surface area contributed by atoms with Crippen molar-refractivity contribution in [1.82, 2.24) is 20.2 Å². The van der Waals surface area contributed by atoms with Crippen molar-refractivity contribution in [2.45, 2.75) is 26.6 Å². The molecule has 0 radical (unpaired) electrons. The molecule has 1 aliphatic heterocycles. The van der Waals surface area contributed by atoms with E-state index in [4.69, 9.17) is 4.74 Å². The van der Waals surface area contributed by atoms with Gasteiger partial charge in [-0.15, -0.1) is 0 Å². The van der Waals surface area contributed by atoms with E-state index in [9.17, 15) is 8.78 Å². The van der Waals surface area contributed by atoms with Crippen molar-refractivity contribution in [3.8, 4) is 0 Å². The lowest BCUT2D eigenvalue weighted by Crippen LogP contribution is -2.27. The Labute approximate surface area is 171 Å². The quantitative estimate of drug-likeness (QED) is 0.690. The highest BCUT2D eigenvalue weighted by atomic mass is 79.9. The SMILES string of the molecule is CNCc1cnc(CN2CC(Br)=C(OCc3ccc(F)cc3F)C=C2C)cn1. The highest BCUT2D eigenvalue weighted by Gasteiger charge is 2.19. The predicted molar refractivity (Wildman–Crippen MR) is 106 cm³/mol. The fourth-order valence-electron chi connectivity index (χ4n) is 2.76. The normalized spacial score (nSPS) is 14.3. The Morgan fingerprint density at radius 1 is 1.21 bits per heavy atom. The smallest absolute Gasteiger partial charge is 0.133 e. The fourth-order valence-corrected chi connectivity index (χ4v) is 3.29. The van der Waals surface area contributed by atoms with Gasteiger partial charge in [-0.3, -0.25) is 9.97 Å². The van der Waals surface area contributed by atoms with Crippen molar-refractivity contribution in [2.75, 3.05) is 13.6 Å². The van der Waals surface area contributed by atoms with E-state index in [1.165, 1.54) is 12.1 Å². The molecule has 1 aromatic heterocycles. The lowest BCUT2D eigenvalue weighted by Gasteiger charge is -2.29. The van der Waals surface area contributed by atoms with Crippen LogP contribution in [0.3, 0.4) is 0 Å². The first-order valence-corrected chi connectivity index (χ1v) is 9.58. The lowest BCUT2D eigenvalue weighted by atomic mass is 10.2. The third-order valence-corrected chi connectivity index (χ3v) is 4.95. The summed E-state index contributed by atoms with van der Waals surface area (Å²) in [6.45, 7) is 3.90. The maximum absolute atomic E-state index is 13.8. The van der Waals surface area contributed by atoms with Crippen LogP contribution in [0, 0.1) is 11.6 Å². The average Bonchev–Trinajstić information content (AvgIpc) is 2.66. The van der Waals surface area contributed by atoms with Gasteiger partial charge in [-0.25, -0.2) is 8.78 Å². The van der Waals surface area contributed by atoms with Crippen LogP contribution < -0.4 is 5.32 Å². The monoisotopic (exact) mass is 450 g/mol. The lowest BCUT2D eigenvalue weighted by molar-refractivity contribution is 0.197. The van der Waals surface area contributed by atoms with E-state index in [0.717, 1.165) is 27.6 Å². The zero-order chi connectivity index (χ0) is 20.1. The number of nitrogens with one attached hydrogen (secondary N) is 1. The summed E-state index contributed by atoms with van der Waals surface area (Å²) in [6, 6.07) is 3.47. The van der Waals surface area contributed by atoms with Crippen molar-refractivity contribution in [2.24, 2.45) is 0 Å². The standard InChI is InChI=1S/C20H21BrF2N4O/c1-13-5-20(28-12-14-3-4-15(22)6-19(14)23)18(21)11-27(13)10-17-9-25-16(7-24-2)8-26-17/h3-6,8-9,24H,7,10-12H2,1-2H3. The number of halogens is 3. The van der Waals surface area contributed by atoms with E-state index >= 15 is 0 Å². The molecule has 5 nitrogen and oxygen atoms in total. The molecule has 0 saturated carbocycles. The molecule has 2 aromatic rings. The Morgan fingerprint density at radius 3 is 2.64 bits per heavy atom. The second kappa shape index (κ2) is 9.25. The minimum Gasteiger partial charge on any atom is -0.488 e. The summed E-state index contributed by atoms with van der Waals surface area (Å²) in [7, 11) is 1.87. The Balaban J connectivity index is 1.62. The van der Waals surface area contributed by atoms with Gasteiger partial charge < -0.3 is 15.0 Å². The summed E-state index contributed by atoms with van der Waals surface area (Å²) < 4.78 is 33.4. The van der Waals surface area contributed by atoms with Crippen LogP contribution in [0.1, 0.15) is 23.9 Å². The number of ether oxygens (including phenoxy) is 1. The van der Waals surface area contributed by atoms with Gasteiger partial charge in [0.15, 0.2) is 0 Å². The van der Waals surface area contributed by atoms with Crippen LogP contribution in [-0.4, -0.2) is 28.5 Å². The summed E-state index contributed by atoms with van der Waals surface area (Å²) in [5.74, 6) is -0.587. The second-order valence-corrected chi connectivity index (χ2v) is 7.42. The Bertz CT molecular complexity index is 900. The molecular weight excluding hydrogens is 430 g/mol. The summed E-state index contributed by atoms with van der Waals surface area (Å²) in [4.78, 5) is 11.0. The van der Waals surface area contributed by atoms with Gasteiger partial charge >= 0.3 is 0 Å². The van der Waals surface area contributed by atoms with Crippen LogP contribution in [0.25, 0.3) is 0 Å². The van der Waals surface area contributed by atoms with Crippen LogP contribution in [0.15, 0.2) is 52.6 Å². The molecule has 0 unspecified atom stereocenters. The molecule has 1 aliphatic rings. The van der Waals surface area contributed by atoms with Crippen LogP contribution in [0.2, 0.25) is 0 Å². The van der Waals surface area contributed by atoms with E-state index in [-0.39, 0.29) is 6.61 Å². The van der Waals surface area contributed by atoms with Crippen molar-refractivity contribution in [3.05, 3.63) is 81.2 Å². The first-order valence-electron chi connectivity index (χ1n) is 8.79. The number of rotatable bonds is 7. The molecule has 0 atom stereocenters. The maximum Gasteiger partial charge on any atom is 0.133 e. The van der Waals surface area contributed by atoms with E-state index in [0.29, 0.717) is 31.0 Å². The van der Waals surface area contributed by atoms with Crippen LogP contribution in [0.5, 0.6) is 0 Å². The second-order valence-electron chi connectivity index (χ2n) is 6.46. The largest absolute Gasteiger partial charge is 0.488 e. The minimum absolute atomic E-state index is 0.0265. The van der Waals surface area contributed by atoms with Crippen molar-refractivity contribution >= 4 is 15.9 Å². The molecule has 0 fully saturated rings. The van der Waals surface area contributed by atoms with E-state index < -0.39 is 11.6 Å². The molecular formula is C20H21BrF2N4O. The number of benzene rings is 1.